The standard InChI is InChI=1S/C15H25N3O.HI/c1-3-4-13(9-10-19)11-17-15(16)18-14-7-5-12(2)6-8-14;/h5-8,13,19H,3-4,9-11H2,1-2H3,(H3,16,17,18);1H. The number of benzene rings is 1. The Morgan fingerprint density at radius 3 is 2.50 bits per heavy atom. The van der Waals surface area contributed by atoms with E-state index in [9.17, 15) is 0 Å². The molecule has 0 amide bonds. The molecule has 4 N–H and O–H groups in total. The SMILES string of the molecule is CCCC(CCO)CN=C(N)Nc1ccc(C)cc1.I. The van der Waals surface area contributed by atoms with Crippen molar-refractivity contribution in [3.63, 3.8) is 0 Å². The van der Waals surface area contributed by atoms with Crippen molar-refractivity contribution in [1.29, 1.82) is 0 Å². The quantitative estimate of drug-likeness (QED) is 0.380. The first kappa shape index (κ1) is 19.2. The van der Waals surface area contributed by atoms with Gasteiger partial charge in [-0.3, -0.25) is 4.99 Å². The molecule has 0 heterocycles. The molecule has 0 aliphatic rings. The molecule has 0 saturated heterocycles. The lowest BCUT2D eigenvalue weighted by Gasteiger charge is -2.12. The third kappa shape index (κ3) is 7.69. The molecule has 114 valence electrons. The summed E-state index contributed by atoms with van der Waals surface area (Å²) in [5.74, 6) is 0.844. The Bertz CT molecular complexity index is 387. The van der Waals surface area contributed by atoms with Crippen molar-refractivity contribution in [2.45, 2.75) is 33.1 Å². The molecule has 0 radical (unpaired) electrons. The van der Waals surface area contributed by atoms with Gasteiger partial charge in [0.25, 0.3) is 0 Å². The molecule has 0 aliphatic heterocycles. The van der Waals surface area contributed by atoms with Crippen LogP contribution in [0.25, 0.3) is 0 Å². The molecule has 1 rings (SSSR count). The number of nitrogens with zero attached hydrogens (tertiary/aromatic N) is 1. The van der Waals surface area contributed by atoms with Crippen LogP contribution >= 0.6 is 24.0 Å². The van der Waals surface area contributed by atoms with Crippen LogP contribution in [0.1, 0.15) is 31.7 Å². The third-order valence-corrected chi connectivity index (χ3v) is 3.08. The molecular formula is C15H26IN3O. The molecule has 0 aromatic heterocycles. The maximum Gasteiger partial charge on any atom is 0.193 e. The van der Waals surface area contributed by atoms with E-state index in [4.69, 9.17) is 10.8 Å². The van der Waals surface area contributed by atoms with Crippen molar-refractivity contribution in [1.82, 2.24) is 0 Å². The Morgan fingerprint density at radius 2 is 1.95 bits per heavy atom. The summed E-state index contributed by atoms with van der Waals surface area (Å²) >= 11 is 0. The van der Waals surface area contributed by atoms with E-state index in [1.165, 1.54) is 5.56 Å². The molecule has 20 heavy (non-hydrogen) atoms. The van der Waals surface area contributed by atoms with E-state index in [2.05, 4.69) is 17.2 Å². The third-order valence-electron chi connectivity index (χ3n) is 3.08. The summed E-state index contributed by atoms with van der Waals surface area (Å²) in [6, 6.07) is 8.02. The highest BCUT2D eigenvalue weighted by Gasteiger charge is 2.06. The largest absolute Gasteiger partial charge is 0.396 e. The van der Waals surface area contributed by atoms with E-state index < -0.39 is 0 Å². The van der Waals surface area contributed by atoms with Gasteiger partial charge in [0.05, 0.1) is 0 Å². The number of nitrogens with one attached hydrogen (secondary N) is 1. The van der Waals surface area contributed by atoms with Crippen LogP contribution in [-0.2, 0) is 0 Å². The normalized spacial score (nSPS) is 12.7. The predicted molar refractivity (Wildman–Crippen MR) is 96.8 cm³/mol. The van der Waals surface area contributed by atoms with Crippen molar-refractivity contribution in [2.24, 2.45) is 16.6 Å². The number of nitrogens with two attached hydrogens (primary N) is 1. The summed E-state index contributed by atoms with van der Waals surface area (Å²) < 4.78 is 0. The lowest BCUT2D eigenvalue weighted by atomic mass is 10.0. The van der Waals surface area contributed by atoms with Crippen LogP contribution in [0.3, 0.4) is 0 Å². The number of hydrogen-bond donors (Lipinski definition) is 3. The summed E-state index contributed by atoms with van der Waals surface area (Å²) in [5, 5.41) is 12.1. The topological polar surface area (TPSA) is 70.6 Å². The number of hydrogen-bond acceptors (Lipinski definition) is 2. The highest BCUT2D eigenvalue weighted by atomic mass is 127. The second-order valence-corrected chi connectivity index (χ2v) is 4.88. The summed E-state index contributed by atoms with van der Waals surface area (Å²) in [4.78, 5) is 4.35. The Hall–Kier alpha value is -0.820. The first-order valence-electron chi connectivity index (χ1n) is 6.90. The van der Waals surface area contributed by atoms with Crippen molar-refractivity contribution < 1.29 is 5.11 Å². The van der Waals surface area contributed by atoms with Crippen LogP contribution in [0.15, 0.2) is 29.3 Å². The second-order valence-electron chi connectivity index (χ2n) is 4.88. The minimum absolute atomic E-state index is 0. The zero-order valence-electron chi connectivity index (χ0n) is 12.3. The number of anilines is 1. The fraction of sp³-hybridized carbons (Fsp3) is 0.533. The maximum atomic E-state index is 8.99. The molecule has 1 unspecified atom stereocenters. The Balaban J connectivity index is 0.00000361. The summed E-state index contributed by atoms with van der Waals surface area (Å²) in [7, 11) is 0. The van der Waals surface area contributed by atoms with E-state index in [0.717, 1.165) is 24.9 Å². The van der Waals surface area contributed by atoms with E-state index in [0.29, 0.717) is 18.4 Å². The molecule has 0 fully saturated rings. The van der Waals surface area contributed by atoms with Crippen LogP contribution in [0.5, 0.6) is 0 Å². The molecule has 4 nitrogen and oxygen atoms in total. The molecule has 5 heteroatoms. The van der Waals surface area contributed by atoms with Gasteiger partial charge in [-0.05, 0) is 37.8 Å². The van der Waals surface area contributed by atoms with Gasteiger partial charge in [-0.25, -0.2) is 0 Å². The van der Waals surface area contributed by atoms with Crippen LogP contribution < -0.4 is 11.1 Å². The van der Waals surface area contributed by atoms with Gasteiger partial charge in [0.15, 0.2) is 5.96 Å². The zero-order valence-corrected chi connectivity index (χ0v) is 14.6. The molecule has 1 atom stereocenters. The molecule has 1 aromatic rings. The van der Waals surface area contributed by atoms with Crippen molar-refractivity contribution in [3.05, 3.63) is 29.8 Å². The minimum atomic E-state index is 0. The van der Waals surface area contributed by atoms with Gasteiger partial charge in [0.1, 0.15) is 0 Å². The number of aliphatic hydroxyl groups excluding tert-OH is 1. The molecule has 1 aromatic carbocycles. The number of halogens is 1. The second kappa shape index (κ2) is 10.9. The predicted octanol–water partition coefficient (Wildman–Crippen LogP) is 3.14. The van der Waals surface area contributed by atoms with E-state index >= 15 is 0 Å². The van der Waals surface area contributed by atoms with Crippen LogP contribution in [0.4, 0.5) is 5.69 Å². The lowest BCUT2D eigenvalue weighted by Crippen LogP contribution is -2.24. The first-order chi connectivity index (χ1) is 9.15. The monoisotopic (exact) mass is 391 g/mol. The number of rotatable bonds is 7. The van der Waals surface area contributed by atoms with Crippen LogP contribution in [0.2, 0.25) is 0 Å². The van der Waals surface area contributed by atoms with Crippen LogP contribution in [-0.4, -0.2) is 24.2 Å². The van der Waals surface area contributed by atoms with Gasteiger partial charge in [-0.15, -0.1) is 24.0 Å². The highest BCUT2D eigenvalue weighted by molar-refractivity contribution is 14.0. The van der Waals surface area contributed by atoms with Gasteiger partial charge in [0, 0.05) is 18.8 Å². The van der Waals surface area contributed by atoms with Gasteiger partial charge in [-0.1, -0.05) is 31.0 Å². The molecular weight excluding hydrogens is 365 g/mol. The van der Waals surface area contributed by atoms with Crippen LogP contribution in [0, 0.1) is 12.8 Å². The molecule has 0 saturated carbocycles. The van der Waals surface area contributed by atoms with E-state index in [1.807, 2.05) is 31.2 Å². The summed E-state index contributed by atoms with van der Waals surface area (Å²) in [5.41, 5.74) is 8.02. The number of aryl methyl sites for hydroxylation is 1. The first-order valence-corrected chi connectivity index (χ1v) is 6.90. The molecule has 0 bridgehead atoms. The van der Waals surface area contributed by atoms with E-state index in [1.54, 1.807) is 0 Å². The van der Waals surface area contributed by atoms with Gasteiger partial charge in [-0.2, -0.15) is 0 Å². The zero-order chi connectivity index (χ0) is 14.1. The smallest absolute Gasteiger partial charge is 0.193 e. The van der Waals surface area contributed by atoms with Gasteiger partial charge >= 0.3 is 0 Å². The Morgan fingerprint density at radius 1 is 1.30 bits per heavy atom. The summed E-state index contributed by atoms with van der Waals surface area (Å²) in [6.45, 7) is 5.07. The fourth-order valence-electron chi connectivity index (χ4n) is 1.97. The Labute approximate surface area is 138 Å². The number of aliphatic hydroxyl groups is 1. The van der Waals surface area contributed by atoms with Crippen molar-refractivity contribution in [3.8, 4) is 0 Å². The Kier molecular flexibility index (Phi) is 10.5. The average molecular weight is 391 g/mol. The van der Waals surface area contributed by atoms with Gasteiger partial charge in [0.2, 0.25) is 0 Å². The minimum Gasteiger partial charge on any atom is -0.396 e. The van der Waals surface area contributed by atoms with E-state index in [-0.39, 0.29) is 30.6 Å². The molecule has 0 aliphatic carbocycles. The summed E-state index contributed by atoms with van der Waals surface area (Å²) in [6.07, 6.45) is 2.96. The van der Waals surface area contributed by atoms with Gasteiger partial charge < -0.3 is 16.2 Å². The fourth-order valence-corrected chi connectivity index (χ4v) is 1.97. The highest BCUT2D eigenvalue weighted by Crippen LogP contribution is 2.12. The number of aliphatic imine (C=N–C) groups is 1. The number of guanidine groups is 1. The average Bonchev–Trinajstić information content (AvgIpc) is 2.39. The lowest BCUT2D eigenvalue weighted by molar-refractivity contribution is 0.253. The van der Waals surface area contributed by atoms with Crippen molar-refractivity contribution in [2.75, 3.05) is 18.5 Å². The molecule has 0 spiro atoms. The maximum absolute atomic E-state index is 8.99. The van der Waals surface area contributed by atoms with Crippen molar-refractivity contribution >= 4 is 35.6 Å².